The second-order valence-corrected chi connectivity index (χ2v) is 6.29. The quantitative estimate of drug-likeness (QED) is 0.718. The molecule has 4 amide bonds. The molecule has 8 heteroatoms. The maximum Gasteiger partial charge on any atom is 0.326 e. The van der Waals surface area contributed by atoms with Crippen LogP contribution in [0.3, 0.4) is 0 Å². The molecule has 0 aromatic rings. The van der Waals surface area contributed by atoms with Crippen molar-refractivity contribution in [1.82, 2.24) is 15.5 Å². The fourth-order valence-electron chi connectivity index (χ4n) is 3.01. The van der Waals surface area contributed by atoms with Crippen molar-refractivity contribution < 1.29 is 23.9 Å². The van der Waals surface area contributed by atoms with Crippen LogP contribution in [0, 0.1) is 0 Å². The van der Waals surface area contributed by atoms with Crippen molar-refractivity contribution in [2.75, 3.05) is 19.7 Å². The SMILES string of the molecule is O=C(COC(=O)CN1CCCCCC1=O)NC(=O)NC1CCCC1. The highest BCUT2D eigenvalue weighted by Crippen LogP contribution is 2.17. The molecule has 2 rings (SSSR count). The van der Waals surface area contributed by atoms with Crippen LogP contribution in [0.25, 0.3) is 0 Å². The van der Waals surface area contributed by atoms with Crippen molar-refractivity contribution in [3.8, 4) is 0 Å². The van der Waals surface area contributed by atoms with Crippen LogP contribution in [-0.2, 0) is 19.1 Å². The topological polar surface area (TPSA) is 105 Å². The average molecular weight is 339 g/mol. The Morgan fingerprint density at radius 2 is 1.83 bits per heavy atom. The molecular weight excluding hydrogens is 314 g/mol. The van der Waals surface area contributed by atoms with E-state index in [0.29, 0.717) is 13.0 Å². The first-order valence-corrected chi connectivity index (χ1v) is 8.58. The first kappa shape index (κ1) is 18.2. The van der Waals surface area contributed by atoms with Gasteiger partial charge in [0.25, 0.3) is 5.91 Å². The molecule has 1 saturated carbocycles. The van der Waals surface area contributed by atoms with Gasteiger partial charge in [-0.1, -0.05) is 19.3 Å². The molecule has 1 aliphatic heterocycles. The van der Waals surface area contributed by atoms with Gasteiger partial charge in [0.15, 0.2) is 6.61 Å². The summed E-state index contributed by atoms with van der Waals surface area (Å²) in [4.78, 5) is 48.2. The number of hydrogen-bond acceptors (Lipinski definition) is 5. The molecule has 2 N–H and O–H groups in total. The molecule has 8 nitrogen and oxygen atoms in total. The van der Waals surface area contributed by atoms with E-state index < -0.39 is 24.5 Å². The molecule has 0 spiro atoms. The van der Waals surface area contributed by atoms with E-state index in [2.05, 4.69) is 10.6 Å². The average Bonchev–Trinajstić information content (AvgIpc) is 2.95. The molecule has 0 aromatic heterocycles. The van der Waals surface area contributed by atoms with E-state index in [0.717, 1.165) is 44.9 Å². The fourth-order valence-corrected chi connectivity index (χ4v) is 3.01. The van der Waals surface area contributed by atoms with Gasteiger partial charge in [-0.05, 0) is 25.7 Å². The van der Waals surface area contributed by atoms with Crippen molar-refractivity contribution >= 4 is 23.8 Å². The highest BCUT2D eigenvalue weighted by atomic mass is 16.5. The first-order valence-electron chi connectivity index (χ1n) is 8.58. The van der Waals surface area contributed by atoms with Crippen LogP contribution in [0.4, 0.5) is 4.79 Å². The molecule has 0 unspecified atom stereocenters. The van der Waals surface area contributed by atoms with Crippen LogP contribution in [0.15, 0.2) is 0 Å². The zero-order valence-electron chi connectivity index (χ0n) is 13.8. The second kappa shape index (κ2) is 9.24. The number of urea groups is 1. The Morgan fingerprint density at radius 1 is 1.08 bits per heavy atom. The van der Waals surface area contributed by atoms with E-state index in [4.69, 9.17) is 4.74 Å². The van der Waals surface area contributed by atoms with Crippen molar-refractivity contribution in [1.29, 1.82) is 0 Å². The number of carbonyl (C=O) groups excluding carboxylic acids is 4. The van der Waals surface area contributed by atoms with Gasteiger partial charge in [0.1, 0.15) is 6.54 Å². The number of nitrogens with zero attached hydrogens (tertiary/aromatic N) is 1. The van der Waals surface area contributed by atoms with Gasteiger partial charge in [-0.2, -0.15) is 0 Å². The van der Waals surface area contributed by atoms with Crippen LogP contribution in [0.2, 0.25) is 0 Å². The molecule has 24 heavy (non-hydrogen) atoms. The summed E-state index contributed by atoms with van der Waals surface area (Å²) in [6.45, 7) is -0.150. The maximum atomic E-state index is 11.8. The van der Waals surface area contributed by atoms with Crippen LogP contribution >= 0.6 is 0 Å². The number of imide groups is 1. The molecule has 2 fully saturated rings. The predicted octanol–water partition coefficient (Wildman–Crippen LogP) is 0.701. The van der Waals surface area contributed by atoms with Crippen molar-refractivity contribution in [2.24, 2.45) is 0 Å². The number of ether oxygens (including phenoxy) is 1. The highest BCUT2D eigenvalue weighted by Gasteiger charge is 2.21. The molecule has 0 radical (unpaired) electrons. The summed E-state index contributed by atoms with van der Waals surface area (Å²) < 4.78 is 4.84. The minimum Gasteiger partial charge on any atom is -0.454 e. The van der Waals surface area contributed by atoms with Crippen LogP contribution in [0.5, 0.6) is 0 Å². The Kier molecular flexibility index (Phi) is 7.02. The van der Waals surface area contributed by atoms with Crippen LogP contribution < -0.4 is 10.6 Å². The van der Waals surface area contributed by atoms with E-state index >= 15 is 0 Å². The lowest BCUT2D eigenvalue weighted by Gasteiger charge is -2.19. The molecule has 0 bridgehead atoms. The summed E-state index contributed by atoms with van der Waals surface area (Å²) in [5.74, 6) is -1.39. The van der Waals surface area contributed by atoms with E-state index in [1.165, 1.54) is 4.90 Å². The fraction of sp³-hybridized carbons (Fsp3) is 0.750. The third kappa shape index (κ3) is 6.17. The minimum atomic E-state index is -0.680. The lowest BCUT2D eigenvalue weighted by atomic mass is 10.2. The van der Waals surface area contributed by atoms with E-state index in [1.54, 1.807) is 0 Å². The molecule has 134 valence electrons. The van der Waals surface area contributed by atoms with E-state index in [-0.39, 0.29) is 18.5 Å². The summed E-state index contributed by atoms with van der Waals surface area (Å²) in [7, 11) is 0. The van der Waals surface area contributed by atoms with Crippen LogP contribution in [0.1, 0.15) is 51.4 Å². The smallest absolute Gasteiger partial charge is 0.326 e. The third-order valence-corrected chi connectivity index (χ3v) is 4.30. The molecule has 1 heterocycles. The van der Waals surface area contributed by atoms with Crippen molar-refractivity contribution in [3.63, 3.8) is 0 Å². The van der Waals surface area contributed by atoms with Gasteiger partial charge in [-0.3, -0.25) is 19.7 Å². The molecule has 0 atom stereocenters. The van der Waals surface area contributed by atoms with Gasteiger partial charge >= 0.3 is 12.0 Å². The Hall–Kier alpha value is -2.12. The monoisotopic (exact) mass is 339 g/mol. The second-order valence-electron chi connectivity index (χ2n) is 6.29. The zero-order chi connectivity index (χ0) is 17.4. The summed E-state index contributed by atoms with van der Waals surface area (Å²) in [6.07, 6.45) is 7.09. The molecule has 2 aliphatic rings. The Balaban J connectivity index is 1.64. The molecule has 1 saturated heterocycles. The van der Waals surface area contributed by atoms with Gasteiger partial charge in [0, 0.05) is 19.0 Å². The summed E-state index contributed by atoms with van der Waals surface area (Å²) in [6, 6.07) is -0.458. The Bertz CT molecular complexity index is 488. The Labute approximate surface area is 141 Å². The lowest BCUT2D eigenvalue weighted by molar-refractivity contribution is -0.152. The summed E-state index contributed by atoms with van der Waals surface area (Å²) >= 11 is 0. The predicted molar refractivity (Wildman–Crippen MR) is 84.9 cm³/mol. The number of hydrogen-bond donors (Lipinski definition) is 2. The number of rotatable bonds is 5. The lowest BCUT2D eigenvalue weighted by Crippen LogP contribution is -2.45. The number of nitrogens with one attached hydrogen (secondary N) is 2. The van der Waals surface area contributed by atoms with E-state index in [9.17, 15) is 19.2 Å². The summed E-state index contributed by atoms with van der Waals surface area (Å²) in [5.41, 5.74) is 0. The largest absolute Gasteiger partial charge is 0.454 e. The maximum absolute atomic E-state index is 11.8. The summed E-state index contributed by atoms with van der Waals surface area (Å²) in [5, 5.41) is 4.85. The number of amides is 4. The molecule has 0 aromatic carbocycles. The van der Waals surface area contributed by atoms with Gasteiger partial charge in [-0.15, -0.1) is 0 Å². The van der Waals surface area contributed by atoms with Crippen LogP contribution in [-0.4, -0.2) is 54.5 Å². The number of carbonyl (C=O) groups is 4. The third-order valence-electron chi connectivity index (χ3n) is 4.30. The Morgan fingerprint density at radius 3 is 2.58 bits per heavy atom. The first-order chi connectivity index (χ1) is 11.5. The number of likely N-dealkylation sites (tertiary alicyclic amines) is 1. The molecular formula is C16H25N3O5. The van der Waals surface area contributed by atoms with Gasteiger partial charge < -0.3 is 15.0 Å². The van der Waals surface area contributed by atoms with Crippen molar-refractivity contribution in [2.45, 2.75) is 57.4 Å². The normalized spacial score (nSPS) is 18.8. The standard InChI is InChI=1S/C16H25N3O5/c20-13(18-16(23)17-12-6-3-4-7-12)11-24-15(22)10-19-9-5-1-2-8-14(19)21/h12H,1-11H2,(H2,17,18,20,23). The van der Waals surface area contributed by atoms with E-state index in [1.807, 2.05) is 0 Å². The van der Waals surface area contributed by atoms with Crippen molar-refractivity contribution in [3.05, 3.63) is 0 Å². The zero-order valence-corrected chi connectivity index (χ0v) is 13.8. The van der Waals surface area contributed by atoms with Gasteiger partial charge in [0.05, 0.1) is 0 Å². The molecule has 1 aliphatic carbocycles. The number of esters is 1. The highest BCUT2D eigenvalue weighted by molar-refractivity contribution is 5.95. The minimum absolute atomic E-state index is 0.0650. The van der Waals surface area contributed by atoms with Gasteiger partial charge in [-0.25, -0.2) is 4.79 Å². The van der Waals surface area contributed by atoms with Gasteiger partial charge in [0.2, 0.25) is 5.91 Å².